The molecule has 0 aliphatic rings. The Hall–Kier alpha value is -0.781. The summed E-state index contributed by atoms with van der Waals surface area (Å²) < 4.78 is 0. The van der Waals surface area contributed by atoms with Gasteiger partial charge in [0.05, 0.1) is 0 Å². The average Bonchev–Trinajstić information content (AvgIpc) is 2.73. The zero-order valence-corrected chi connectivity index (χ0v) is 14.6. The fraction of sp³-hybridized carbons (Fsp3) is 0.444. The van der Waals surface area contributed by atoms with Crippen LogP contribution in [0, 0.1) is 55.4 Å². The molecule has 0 saturated carbocycles. The zero-order chi connectivity index (χ0) is 14.0. The van der Waals surface area contributed by atoms with E-state index in [9.17, 15) is 0 Å². The van der Waals surface area contributed by atoms with Crippen LogP contribution in [0.1, 0.15) is 44.5 Å². The average molecular weight is 298 g/mol. The Morgan fingerprint density at radius 2 is 1.00 bits per heavy atom. The van der Waals surface area contributed by atoms with E-state index in [4.69, 9.17) is 0 Å². The van der Waals surface area contributed by atoms with Crippen molar-refractivity contribution < 1.29 is 17.1 Å². The maximum Gasteiger partial charge on any atom is 0 e. The summed E-state index contributed by atoms with van der Waals surface area (Å²) in [6, 6.07) is 4.31. The molecule has 0 aliphatic heterocycles. The first-order chi connectivity index (χ1) is 8.27. The van der Waals surface area contributed by atoms with Gasteiger partial charge in [-0.1, -0.05) is 20.8 Å². The van der Waals surface area contributed by atoms with E-state index < -0.39 is 0 Å². The molecule has 0 bridgehead atoms. The summed E-state index contributed by atoms with van der Waals surface area (Å²) in [5.41, 5.74) is 11.6. The maximum absolute atomic E-state index is 2.20. The van der Waals surface area contributed by atoms with E-state index in [-0.39, 0.29) is 17.1 Å². The van der Waals surface area contributed by atoms with Gasteiger partial charge in [-0.2, -0.15) is 22.8 Å². The van der Waals surface area contributed by atoms with Crippen LogP contribution in [-0.4, -0.2) is 0 Å². The summed E-state index contributed by atoms with van der Waals surface area (Å²) in [5.74, 6) is 0. The van der Waals surface area contributed by atoms with Crippen LogP contribution < -0.4 is 0 Å². The summed E-state index contributed by atoms with van der Waals surface area (Å²) in [7, 11) is 0. The predicted octanol–water partition coefficient (Wildman–Crippen LogP) is 5.28. The van der Waals surface area contributed by atoms with Crippen molar-refractivity contribution in [3.05, 3.63) is 56.6 Å². The molecule has 1 heteroatoms. The first kappa shape index (κ1) is 18.2. The maximum atomic E-state index is 2.20. The molecule has 0 heterocycles. The topological polar surface area (TPSA) is 0 Å². The van der Waals surface area contributed by atoms with E-state index in [2.05, 4.69) is 67.5 Å². The van der Waals surface area contributed by atoms with Gasteiger partial charge in [-0.25, -0.2) is 40.7 Å². The standard InChI is InChI=1S/C10H15.C8H11.Fe/c1-6-7(2)9(4)10(5)8(6)3;1-6-4-5-7(2)8(6)3;/h1-5H3;4-5H,1-3H3;/q-5;-1;. The molecule has 0 aliphatic carbocycles. The molecule has 19 heavy (non-hydrogen) atoms. The second-order valence-corrected chi connectivity index (χ2v) is 5.45. The van der Waals surface area contributed by atoms with E-state index in [1.165, 1.54) is 44.5 Å². The van der Waals surface area contributed by atoms with E-state index in [1.807, 2.05) is 0 Å². The Kier molecular flexibility index (Phi) is 6.83. The largest absolute Gasteiger partial charge is 0.731 e. The van der Waals surface area contributed by atoms with Gasteiger partial charge >= 0.3 is 0 Å². The van der Waals surface area contributed by atoms with Crippen molar-refractivity contribution in [1.82, 2.24) is 0 Å². The van der Waals surface area contributed by atoms with Crippen molar-refractivity contribution in [3.63, 3.8) is 0 Å². The number of aryl methyl sites for hydroxylation is 2. The normalized spacial score (nSPS) is 9.68. The smallest absolute Gasteiger partial charge is 0 e. The third-order valence-corrected chi connectivity index (χ3v) is 4.58. The molecule has 0 spiro atoms. The fourth-order valence-electron chi connectivity index (χ4n) is 2.22. The molecule has 2 aromatic carbocycles. The van der Waals surface area contributed by atoms with Crippen molar-refractivity contribution in [3.8, 4) is 0 Å². The Morgan fingerprint density at radius 3 is 1.11 bits per heavy atom. The second-order valence-electron chi connectivity index (χ2n) is 5.45. The summed E-state index contributed by atoms with van der Waals surface area (Å²) in [6.45, 7) is 17.4. The molecule has 0 N–H and O–H groups in total. The van der Waals surface area contributed by atoms with Crippen molar-refractivity contribution in [1.29, 1.82) is 0 Å². The molecule has 0 amide bonds. The SMILES string of the molecule is C[c-]1[c-](C)[c-](C)[c-](C)[c-]1C.Cc1cc[c-](C)c1C.[Fe]. The molecule has 2 aromatic rings. The Bertz CT molecular complexity index is 439. The number of hydrogen-bond acceptors (Lipinski definition) is 0. The minimum absolute atomic E-state index is 0. The van der Waals surface area contributed by atoms with Gasteiger partial charge in [0.25, 0.3) is 0 Å². The molecular weight excluding hydrogens is 272 g/mol. The molecule has 0 nitrogen and oxygen atoms in total. The van der Waals surface area contributed by atoms with Gasteiger partial charge in [0.1, 0.15) is 0 Å². The molecular formula is C18H26Fe-6. The molecule has 0 radical (unpaired) electrons. The van der Waals surface area contributed by atoms with Gasteiger partial charge in [-0.3, -0.25) is 0 Å². The summed E-state index contributed by atoms with van der Waals surface area (Å²) >= 11 is 0. The van der Waals surface area contributed by atoms with Crippen LogP contribution in [-0.2, 0) is 17.1 Å². The zero-order valence-electron chi connectivity index (χ0n) is 13.5. The first-order valence-electron chi connectivity index (χ1n) is 6.66. The second kappa shape index (κ2) is 7.12. The molecule has 0 unspecified atom stereocenters. The fourth-order valence-corrected chi connectivity index (χ4v) is 2.22. The monoisotopic (exact) mass is 298 g/mol. The van der Waals surface area contributed by atoms with Crippen LogP contribution in [0.15, 0.2) is 12.1 Å². The minimum Gasteiger partial charge on any atom is -0.731 e. The van der Waals surface area contributed by atoms with E-state index in [0.717, 1.165) is 0 Å². The van der Waals surface area contributed by atoms with Crippen molar-refractivity contribution in [2.24, 2.45) is 0 Å². The molecule has 0 atom stereocenters. The van der Waals surface area contributed by atoms with Crippen molar-refractivity contribution >= 4 is 0 Å². The third-order valence-electron chi connectivity index (χ3n) is 4.58. The van der Waals surface area contributed by atoms with Crippen molar-refractivity contribution in [2.75, 3.05) is 0 Å². The van der Waals surface area contributed by atoms with Gasteiger partial charge in [0, 0.05) is 17.1 Å². The van der Waals surface area contributed by atoms with Gasteiger partial charge in [-0.05, 0) is 0 Å². The quantitative estimate of drug-likeness (QED) is 0.459. The van der Waals surface area contributed by atoms with Gasteiger partial charge in [0.2, 0.25) is 0 Å². The summed E-state index contributed by atoms with van der Waals surface area (Å²) in [4.78, 5) is 0. The van der Waals surface area contributed by atoms with Gasteiger partial charge < -0.3 is 27.8 Å². The number of hydrogen-bond donors (Lipinski definition) is 0. The molecule has 2 rings (SSSR count). The molecule has 0 fully saturated rings. The van der Waals surface area contributed by atoms with E-state index in [0.29, 0.717) is 0 Å². The first-order valence-corrected chi connectivity index (χ1v) is 6.66. The Labute approximate surface area is 129 Å². The summed E-state index contributed by atoms with van der Waals surface area (Å²) in [5, 5.41) is 0. The summed E-state index contributed by atoms with van der Waals surface area (Å²) in [6.07, 6.45) is 0. The predicted molar refractivity (Wildman–Crippen MR) is 82.0 cm³/mol. The van der Waals surface area contributed by atoms with Crippen LogP contribution in [0.3, 0.4) is 0 Å². The van der Waals surface area contributed by atoms with Crippen LogP contribution in [0.4, 0.5) is 0 Å². The van der Waals surface area contributed by atoms with Crippen LogP contribution in [0.25, 0.3) is 0 Å². The minimum atomic E-state index is 0. The molecule has 0 saturated heterocycles. The van der Waals surface area contributed by atoms with E-state index >= 15 is 0 Å². The van der Waals surface area contributed by atoms with Gasteiger partial charge in [0.15, 0.2) is 0 Å². The van der Waals surface area contributed by atoms with Crippen LogP contribution >= 0.6 is 0 Å². The van der Waals surface area contributed by atoms with Gasteiger partial charge in [-0.15, -0.1) is 0 Å². The van der Waals surface area contributed by atoms with Crippen LogP contribution in [0.5, 0.6) is 0 Å². The Morgan fingerprint density at radius 1 is 0.684 bits per heavy atom. The Balaban J connectivity index is 0.000000331. The third kappa shape index (κ3) is 3.84. The molecule has 0 aromatic heterocycles. The van der Waals surface area contributed by atoms with E-state index in [1.54, 1.807) is 0 Å². The number of rotatable bonds is 0. The van der Waals surface area contributed by atoms with Crippen molar-refractivity contribution in [2.45, 2.75) is 55.4 Å². The molecule has 112 valence electrons. The van der Waals surface area contributed by atoms with Crippen LogP contribution in [0.2, 0.25) is 0 Å².